The third-order valence-electron chi connectivity index (χ3n) is 3.70. The van der Waals surface area contributed by atoms with Crippen LogP contribution in [0.3, 0.4) is 0 Å². The van der Waals surface area contributed by atoms with Gasteiger partial charge < -0.3 is 20.0 Å². The maximum absolute atomic E-state index is 12.3. The third kappa shape index (κ3) is 2.10. The molecule has 100 valence electrons. The summed E-state index contributed by atoms with van der Waals surface area (Å²) in [4.78, 5) is 23.3. The smallest absolute Gasteiger partial charge is 0.187 e. The number of fused-ring (bicyclic) bond motifs is 1. The van der Waals surface area contributed by atoms with Crippen LogP contribution in [0, 0.1) is 0 Å². The van der Waals surface area contributed by atoms with E-state index in [4.69, 9.17) is 4.74 Å². The zero-order valence-corrected chi connectivity index (χ0v) is 10.3. The van der Waals surface area contributed by atoms with Crippen LogP contribution >= 0.6 is 0 Å². The van der Waals surface area contributed by atoms with Gasteiger partial charge in [-0.05, 0) is 18.9 Å². The predicted octanol–water partition coefficient (Wildman–Crippen LogP) is 0.596. The first-order valence-corrected chi connectivity index (χ1v) is 6.43. The molecule has 1 fully saturated rings. The van der Waals surface area contributed by atoms with Gasteiger partial charge in [0.25, 0.3) is 0 Å². The molecular weight excluding hydrogens is 246 g/mol. The van der Waals surface area contributed by atoms with Crippen LogP contribution in [-0.2, 0) is 4.74 Å². The Morgan fingerprint density at radius 1 is 1.47 bits per heavy atom. The van der Waals surface area contributed by atoms with Crippen molar-refractivity contribution >= 4 is 17.4 Å². The Balaban J connectivity index is 1.85. The second-order valence-electron chi connectivity index (χ2n) is 4.95. The number of carbonyl (C=O) groups excluding carboxylic acids is 2. The maximum Gasteiger partial charge on any atom is 0.187 e. The number of benzene rings is 1. The van der Waals surface area contributed by atoms with Gasteiger partial charge in [-0.2, -0.15) is 0 Å². The molecule has 0 radical (unpaired) electrons. The lowest BCUT2D eigenvalue weighted by Crippen LogP contribution is -2.29. The SMILES string of the molecule is O=C([O-])c1cccc2c1C(=O)[C@@H](C[C@@H]1CCCO1)N2. The lowest BCUT2D eigenvalue weighted by molar-refractivity contribution is -0.255. The van der Waals surface area contributed by atoms with Gasteiger partial charge in [-0.25, -0.2) is 0 Å². The molecule has 0 unspecified atom stereocenters. The molecule has 0 saturated carbocycles. The summed E-state index contributed by atoms with van der Waals surface area (Å²) >= 11 is 0. The van der Waals surface area contributed by atoms with E-state index >= 15 is 0 Å². The number of carboxylic acids is 1. The van der Waals surface area contributed by atoms with Gasteiger partial charge in [-0.3, -0.25) is 4.79 Å². The van der Waals surface area contributed by atoms with E-state index in [0.717, 1.165) is 19.4 Å². The van der Waals surface area contributed by atoms with Crippen molar-refractivity contribution in [2.24, 2.45) is 0 Å². The lowest BCUT2D eigenvalue weighted by Gasteiger charge is -2.14. The monoisotopic (exact) mass is 260 g/mol. The topological polar surface area (TPSA) is 78.5 Å². The number of ether oxygens (including phenoxy) is 1. The number of carbonyl (C=O) groups is 2. The summed E-state index contributed by atoms with van der Waals surface area (Å²) in [5, 5.41) is 14.1. The van der Waals surface area contributed by atoms with Crippen molar-refractivity contribution in [1.82, 2.24) is 0 Å². The second-order valence-corrected chi connectivity index (χ2v) is 4.95. The minimum atomic E-state index is -1.32. The zero-order chi connectivity index (χ0) is 13.4. The van der Waals surface area contributed by atoms with E-state index in [1.165, 1.54) is 6.07 Å². The fourth-order valence-corrected chi connectivity index (χ4v) is 2.79. The van der Waals surface area contributed by atoms with Crippen LogP contribution in [-0.4, -0.2) is 30.5 Å². The first-order chi connectivity index (χ1) is 9.16. The molecule has 0 spiro atoms. The Morgan fingerprint density at radius 2 is 2.32 bits per heavy atom. The van der Waals surface area contributed by atoms with Crippen molar-refractivity contribution in [2.75, 3.05) is 11.9 Å². The van der Waals surface area contributed by atoms with Crippen molar-refractivity contribution in [3.8, 4) is 0 Å². The summed E-state index contributed by atoms with van der Waals surface area (Å²) in [7, 11) is 0. The van der Waals surface area contributed by atoms with Gasteiger partial charge in [0.1, 0.15) is 0 Å². The summed E-state index contributed by atoms with van der Waals surface area (Å²) in [6, 6.07) is 4.34. The minimum absolute atomic E-state index is 0.0372. The summed E-state index contributed by atoms with van der Waals surface area (Å²) in [5.41, 5.74) is 0.782. The largest absolute Gasteiger partial charge is 0.545 e. The average molecular weight is 260 g/mol. The quantitative estimate of drug-likeness (QED) is 0.860. The molecule has 0 aliphatic carbocycles. The maximum atomic E-state index is 12.3. The molecule has 5 nitrogen and oxygen atoms in total. The molecule has 1 aromatic carbocycles. The van der Waals surface area contributed by atoms with E-state index in [9.17, 15) is 14.7 Å². The number of ketones is 1. The van der Waals surface area contributed by atoms with E-state index in [1.807, 2.05) is 0 Å². The highest BCUT2D eigenvalue weighted by molar-refractivity contribution is 6.15. The molecule has 0 bridgehead atoms. The molecule has 2 aliphatic heterocycles. The van der Waals surface area contributed by atoms with Crippen LogP contribution in [0.5, 0.6) is 0 Å². The molecule has 1 saturated heterocycles. The van der Waals surface area contributed by atoms with Gasteiger partial charge in [0.15, 0.2) is 5.78 Å². The molecular formula is C14H14NO4-. The Morgan fingerprint density at radius 3 is 3.00 bits per heavy atom. The van der Waals surface area contributed by atoms with E-state index in [1.54, 1.807) is 12.1 Å². The Hall–Kier alpha value is -1.88. The van der Waals surface area contributed by atoms with Crippen LogP contribution in [0.4, 0.5) is 5.69 Å². The summed E-state index contributed by atoms with van der Waals surface area (Å²) in [5.74, 6) is -1.49. The average Bonchev–Trinajstić information content (AvgIpc) is 2.99. The fraction of sp³-hybridized carbons (Fsp3) is 0.429. The molecule has 1 aromatic rings. The molecule has 3 rings (SSSR count). The molecule has 0 amide bonds. The highest BCUT2D eigenvalue weighted by Gasteiger charge is 2.34. The standard InChI is InChI=1S/C14H15NO4/c16-13-11(7-8-3-2-6-19-8)15-10-5-1-4-9(12(10)13)14(17)18/h1,4-5,8,11,15H,2-3,6-7H2,(H,17,18)/p-1/t8-,11+/m0/s1. The summed E-state index contributed by atoms with van der Waals surface area (Å²) in [6.07, 6.45) is 2.64. The number of hydrogen-bond donors (Lipinski definition) is 1. The van der Waals surface area contributed by atoms with Crippen LogP contribution in [0.1, 0.15) is 40.0 Å². The third-order valence-corrected chi connectivity index (χ3v) is 3.70. The number of anilines is 1. The first-order valence-electron chi connectivity index (χ1n) is 6.43. The number of rotatable bonds is 3. The van der Waals surface area contributed by atoms with Crippen LogP contribution in [0.2, 0.25) is 0 Å². The molecule has 1 N–H and O–H groups in total. The van der Waals surface area contributed by atoms with Gasteiger partial charge in [-0.15, -0.1) is 0 Å². The van der Waals surface area contributed by atoms with Crippen molar-refractivity contribution in [1.29, 1.82) is 0 Å². The Labute approximate surface area is 110 Å². The highest BCUT2D eigenvalue weighted by Crippen LogP contribution is 2.31. The van der Waals surface area contributed by atoms with Gasteiger partial charge in [0.05, 0.1) is 23.7 Å². The van der Waals surface area contributed by atoms with Crippen LogP contribution < -0.4 is 10.4 Å². The summed E-state index contributed by atoms with van der Waals surface area (Å²) < 4.78 is 5.52. The number of aromatic carboxylic acids is 1. The molecule has 2 aliphatic rings. The Bertz CT molecular complexity index is 534. The van der Waals surface area contributed by atoms with Crippen molar-refractivity contribution in [3.05, 3.63) is 29.3 Å². The zero-order valence-electron chi connectivity index (χ0n) is 10.3. The minimum Gasteiger partial charge on any atom is -0.545 e. The second kappa shape index (κ2) is 4.66. The highest BCUT2D eigenvalue weighted by atomic mass is 16.5. The van der Waals surface area contributed by atoms with Gasteiger partial charge in [-0.1, -0.05) is 12.1 Å². The van der Waals surface area contributed by atoms with E-state index in [0.29, 0.717) is 12.1 Å². The van der Waals surface area contributed by atoms with Crippen LogP contribution in [0.15, 0.2) is 18.2 Å². The van der Waals surface area contributed by atoms with E-state index in [2.05, 4.69) is 5.32 Å². The normalized spacial score (nSPS) is 25.2. The number of Topliss-reactive ketones (excluding diaryl/α,β-unsaturated/α-hetero) is 1. The number of carboxylic acid groups (broad SMARTS) is 1. The van der Waals surface area contributed by atoms with Crippen molar-refractivity contribution < 1.29 is 19.4 Å². The van der Waals surface area contributed by atoms with Crippen LogP contribution in [0.25, 0.3) is 0 Å². The number of nitrogens with one attached hydrogen (secondary N) is 1. The van der Waals surface area contributed by atoms with Crippen molar-refractivity contribution in [2.45, 2.75) is 31.4 Å². The fourth-order valence-electron chi connectivity index (χ4n) is 2.79. The Kier molecular flexibility index (Phi) is 2.98. The molecule has 0 aromatic heterocycles. The van der Waals surface area contributed by atoms with E-state index in [-0.39, 0.29) is 23.0 Å². The van der Waals surface area contributed by atoms with Crippen molar-refractivity contribution in [3.63, 3.8) is 0 Å². The molecule has 2 atom stereocenters. The summed E-state index contributed by atoms with van der Waals surface area (Å²) in [6.45, 7) is 0.739. The van der Waals surface area contributed by atoms with Gasteiger partial charge in [0, 0.05) is 24.3 Å². The number of hydrogen-bond acceptors (Lipinski definition) is 5. The lowest BCUT2D eigenvalue weighted by atomic mass is 9.98. The molecule has 5 heteroatoms. The van der Waals surface area contributed by atoms with Gasteiger partial charge >= 0.3 is 0 Å². The molecule has 2 heterocycles. The predicted molar refractivity (Wildman–Crippen MR) is 66.1 cm³/mol. The van der Waals surface area contributed by atoms with E-state index < -0.39 is 12.0 Å². The first kappa shape index (κ1) is 12.2. The van der Waals surface area contributed by atoms with Gasteiger partial charge in [0.2, 0.25) is 0 Å². The molecule has 19 heavy (non-hydrogen) atoms.